The summed E-state index contributed by atoms with van der Waals surface area (Å²) in [5.74, 6) is 0. The number of ether oxygens (including phenoxy) is 1. The van der Waals surface area contributed by atoms with E-state index in [0.717, 1.165) is 6.61 Å². The first-order valence-electron chi connectivity index (χ1n) is 8.55. The summed E-state index contributed by atoms with van der Waals surface area (Å²) in [6.07, 6.45) is 17.7. The van der Waals surface area contributed by atoms with Gasteiger partial charge in [-0.25, -0.2) is 0 Å². The zero-order valence-electron chi connectivity index (χ0n) is 13.7. The van der Waals surface area contributed by atoms with Crippen molar-refractivity contribution in [1.82, 2.24) is 4.90 Å². The van der Waals surface area contributed by atoms with Gasteiger partial charge in [-0.05, 0) is 33.5 Å². The van der Waals surface area contributed by atoms with Gasteiger partial charge in [-0.15, -0.1) is 12.4 Å². The maximum atomic E-state index is 5.22. The quantitative estimate of drug-likeness (QED) is 0.330. The van der Waals surface area contributed by atoms with Crippen LogP contribution in [-0.2, 0) is 4.74 Å². The summed E-state index contributed by atoms with van der Waals surface area (Å²) in [5.41, 5.74) is 0. The summed E-state index contributed by atoms with van der Waals surface area (Å²) >= 11 is 0. The molecule has 0 saturated carbocycles. The molecule has 1 saturated heterocycles. The fourth-order valence-corrected chi connectivity index (χ4v) is 2.63. The predicted octanol–water partition coefficient (Wildman–Crippen LogP) is 5.05. The number of rotatable bonds is 14. The third-order valence-electron chi connectivity index (χ3n) is 4.03. The van der Waals surface area contributed by atoms with Gasteiger partial charge in [0.25, 0.3) is 0 Å². The molecule has 1 fully saturated rings. The molecule has 0 N–H and O–H groups in total. The van der Waals surface area contributed by atoms with Crippen LogP contribution in [-0.4, -0.2) is 38.3 Å². The molecule has 0 radical (unpaired) electrons. The molecular weight excluding hydrogens is 270 g/mol. The molecule has 0 aromatic heterocycles. The third kappa shape index (κ3) is 14.6. The molecule has 122 valence electrons. The second-order valence-electron chi connectivity index (χ2n) is 6.44. The van der Waals surface area contributed by atoms with Gasteiger partial charge in [0.05, 0.1) is 12.7 Å². The summed E-state index contributed by atoms with van der Waals surface area (Å²) in [4.78, 5) is 2.29. The van der Waals surface area contributed by atoms with Crippen LogP contribution in [0.2, 0.25) is 0 Å². The van der Waals surface area contributed by atoms with Gasteiger partial charge in [0.2, 0.25) is 0 Å². The average Bonchev–Trinajstić information content (AvgIpc) is 3.18. The highest BCUT2D eigenvalue weighted by molar-refractivity contribution is 5.85. The normalized spacial score (nSPS) is 17.2. The third-order valence-corrected chi connectivity index (χ3v) is 4.03. The largest absolute Gasteiger partial charge is 0.373 e. The second-order valence-corrected chi connectivity index (χ2v) is 6.44. The Kier molecular flexibility index (Phi) is 14.3. The Morgan fingerprint density at radius 1 is 0.750 bits per heavy atom. The van der Waals surface area contributed by atoms with Gasteiger partial charge in [0.15, 0.2) is 0 Å². The number of nitrogens with zero attached hydrogens (tertiary/aromatic N) is 1. The monoisotopic (exact) mass is 305 g/mol. The molecule has 1 rings (SSSR count). The lowest BCUT2D eigenvalue weighted by Crippen LogP contribution is -2.12. The van der Waals surface area contributed by atoms with Crippen molar-refractivity contribution < 1.29 is 4.74 Å². The number of epoxide rings is 1. The van der Waals surface area contributed by atoms with Crippen molar-refractivity contribution in [2.75, 3.05) is 27.2 Å². The summed E-state index contributed by atoms with van der Waals surface area (Å²) < 4.78 is 5.22. The topological polar surface area (TPSA) is 15.8 Å². The molecule has 1 aliphatic heterocycles. The number of hydrogen-bond acceptors (Lipinski definition) is 2. The highest BCUT2D eigenvalue weighted by Gasteiger charge is 2.20. The smallest absolute Gasteiger partial charge is 0.0810 e. The van der Waals surface area contributed by atoms with Crippen LogP contribution in [0.3, 0.4) is 0 Å². The van der Waals surface area contributed by atoms with E-state index in [4.69, 9.17) is 4.74 Å². The summed E-state index contributed by atoms with van der Waals surface area (Å²) in [7, 11) is 4.33. The molecule has 1 heterocycles. The van der Waals surface area contributed by atoms with Crippen LogP contribution in [0.1, 0.15) is 77.0 Å². The maximum Gasteiger partial charge on any atom is 0.0810 e. The van der Waals surface area contributed by atoms with Crippen molar-refractivity contribution in [3.05, 3.63) is 0 Å². The second kappa shape index (κ2) is 14.2. The molecular formula is C17H36ClNO. The van der Waals surface area contributed by atoms with Crippen molar-refractivity contribution in [2.24, 2.45) is 0 Å². The van der Waals surface area contributed by atoms with Gasteiger partial charge < -0.3 is 9.64 Å². The summed E-state index contributed by atoms with van der Waals surface area (Å²) in [6.45, 7) is 2.29. The minimum absolute atomic E-state index is 0. The van der Waals surface area contributed by atoms with E-state index in [1.807, 2.05) is 0 Å². The lowest BCUT2D eigenvalue weighted by molar-refractivity contribution is 0.386. The minimum atomic E-state index is 0. The van der Waals surface area contributed by atoms with Crippen molar-refractivity contribution in [2.45, 2.75) is 83.2 Å². The molecule has 0 aromatic rings. The number of halogens is 1. The Labute approximate surface area is 133 Å². The van der Waals surface area contributed by atoms with E-state index in [1.54, 1.807) is 0 Å². The Hall–Kier alpha value is 0.210. The van der Waals surface area contributed by atoms with Crippen LogP contribution in [0.15, 0.2) is 0 Å². The van der Waals surface area contributed by atoms with Crippen LogP contribution in [0.5, 0.6) is 0 Å². The standard InChI is InChI=1S/C17H35NO.ClH/c1-18(2)15-13-11-9-7-5-3-4-6-8-10-12-14-17-16-19-17;/h17H,3-16H2,1-2H3;1H. The molecule has 1 atom stereocenters. The minimum Gasteiger partial charge on any atom is -0.373 e. The van der Waals surface area contributed by atoms with Gasteiger partial charge in [-0.1, -0.05) is 64.2 Å². The Morgan fingerprint density at radius 2 is 1.15 bits per heavy atom. The van der Waals surface area contributed by atoms with Crippen molar-refractivity contribution in [1.29, 1.82) is 0 Å². The lowest BCUT2D eigenvalue weighted by atomic mass is 10.0. The summed E-state index contributed by atoms with van der Waals surface area (Å²) in [6, 6.07) is 0. The zero-order chi connectivity index (χ0) is 13.8. The van der Waals surface area contributed by atoms with E-state index in [-0.39, 0.29) is 12.4 Å². The molecule has 0 bridgehead atoms. The molecule has 1 unspecified atom stereocenters. The van der Waals surface area contributed by atoms with E-state index in [2.05, 4.69) is 19.0 Å². The van der Waals surface area contributed by atoms with Crippen molar-refractivity contribution in [3.63, 3.8) is 0 Å². The number of unbranched alkanes of at least 4 members (excludes halogenated alkanes) is 10. The van der Waals surface area contributed by atoms with Gasteiger partial charge >= 0.3 is 0 Å². The van der Waals surface area contributed by atoms with Crippen LogP contribution >= 0.6 is 12.4 Å². The number of hydrogen-bond donors (Lipinski definition) is 0. The van der Waals surface area contributed by atoms with Gasteiger partial charge in [0.1, 0.15) is 0 Å². The fraction of sp³-hybridized carbons (Fsp3) is 1.00. The molecule has 0 spiro atoms. The fourth-order valence-electron chi connectivity index (χ4n) is 2.63. The van der Waals surface area contributed by atoms with Crippen molar-refractivity contribution in [3.8, 4) is 0 Å². The van der Waals surface area contributed by atoms with Crippen LogP contribution < -0.4 is 0 Å². The highest BCUT2D eigenvalue weighted by atomic mass is 35.5. The molecule has 0 amide bonds. The first-order valence-corrected chi connectivity index (χ1v) is 8.55. The highest BCUT2D eigenvalue weighted by Crippen LogP contribution is 2.18. The van der Waals surface area contributed by atoms with Gasteiger partial charge in [0, 0.05) is 0 Å². The zero-order valence-corrected chi connectivity index (χ0v) is 14.6. The Balaban J connectivity index is 0.00000361. The molecule has 2 nitrogen and oxygen atoms in total. The van der Waals surface area contributed by atoms with E-state index >= 15 is 0 Å². The maximum absolute atomic E-state index is 5.22. The molecule has 3 heteroatoms. The van der Waals surface area contributed by atoms with E-state index in [0.29, 0.717) is 6.10 Å². The average molecular weight is 306 g/mol. The first kappa shape index (κ1) is 20.2. The van der Waals surface area contributed by atoms with Crippen LogP contribution in [0.25, 0.3) is 0 Å². The predicted molar refractivity (Wildman–Crippen MR) is 90.9 cm³/mol. The lowest BCUT2D eigenvalue weighted by Gasteiger charge is -2.08. The van der Waals surface area contributed by atoms with Crippen LogP contribution in [0.4, 0.5) is 0 Å². The van der Waals surface area contributed by atoms with E-state index < -0.39 is 0 Å². The van der Waals surface area contributed by atoms with Crippen molar-refractivity contribution >= 4 is 12.4 Å². The SMILES string of the molecule is CN(C)CCCCCCCCCCCCCC1CO1.Cl. The first-order chi connectivity index (χ1) is 9.29. The Morgan fingerprint density at radius 3 is 1.55 bits per heavy atom. The molecule has 0 aliphatic carbocycles. The molecule has 1 aliphatic rings. The summed E-state index contributed by atoms with van der Waals surface area (Å²) in [5, 5.41) is 0. The van der Waals surface area contributed by atoms with Gasteiger partial charge in [-0.3, -0.25) is 0 Å². The molecule has 0 aromatic carbocycles. The Bertz CT molecular complexity index is 183. The van der Waals surface area contributed by atoms with Gasteiger partial charge in [-0.2, -0.15) is 0 Å². The molecule has 20 heavy (non-hydrogen) atoms. The van der Waals surface area contributed by atoms with E-state index in [9.17, 15) is 0 Å². The van der Waals surface area contributed by atoms with Crippen LogP contribution in [0, 0.1) is 0 Å². The van der Waals surface area contributed by atoms with E-state index in [1.165, 1.54) is 83.6 Å².